The molecule has 1 aromatic heterocycles. The quantitative estimate of drug-likeness (QED) is 0.679. The lowest BCUT2D eigenvalue weighted by Crippen LogP contribution is -2.43. The van der Waals surface area contributed by atoms with Gasteiger partial charge in [0.1, 0.15) is 5.75 Å². The number of fused-ring (bicyclic) bond motifs is 1. The predicted molar refractivity (Wildman–Crippen MR) is 110 cm³/mol. The topological polar surface area (TPSA) is 54.8 Å². The zero-order chi connectivity index (χ0) is 19.6. The SMILES string of the molecule is C=CCS(=O)(=O)n1ccc2c(OC(C)C)c(CN3CCN(C)CC3)ccc21. The van der Waals surface area contributed by atoms with E-state index in [-0.39, 0.29) is 11.9 Å². The molecule has 0 radical (unpaired) electrons. The van der Waals surface area contributed by atoms with Gasteiger partial charge in [0.2, 0.25) is 10.0 Å². The van der Waals surface area contributed by atoms with Crippen LogP contribution >= 0.6 is 0 Å². The third kappa shape index (κ3) is 4.36. The van der Waals surface area contributed by atoms with Gasteiger partial charge in [0.15, 0.2) is 0 Å². The van der Waals surface area contributed by atoms with Gasteiger partial charge in [-0.05, 0) is 33.0 Å². The summed E-state index contributed by atoms with van der Waals surface area (Å²) in [5.74, 6) is 0.689. The zero-order valence-electron chi connectivity index (χ0n) is 16.4. The van der Waals surface area contributed by atoms with Crippen molar-refractivity contribution in [1.82, 2.24) is 13.8 Å². The Kier molecular flexibility index (Phi) is 5.93. The molecule has 1 fully saturated rings. The summed E-state index contributed by atoms with van der Waals surface area (Å²) in [5, 5.41) is 0.836. The fraction of sp³-hybridized carbons (Fsp3) is 0.500. The summed E-state index contributed by atoms with van der Waals surface area (Å²) in [7, 11) is -1.32. The zero-order valence-corrected chi connectivity index (χ0v) is 17.2. The minimum atomic E-state index is -3.46. The fourth-order valence-corrected chi connectivity index (χ4v) is 4.59. The monoisotopic (exact) mass is 391 g/mol. The van der Waals surface area contributed by atoms with Crippen molar-refractivity contribution in [2.24, 2.45) is 0 Å². The van der Waals surface area contributed by atoms with Crippen LogP contribution in [0.15, 0.2) is 37.1 Å². The highest BCUT2D eigenvalue weighted by molar-refractivity contribution is 7.90. The molecule has 1 aliphatic rings. The summed E-state index contributed by atoms with van der Waals surface area (Å²) in [6, 6.07) is 5.72. The van der Waals surface area contributed by atoms with E-state index in [0.717, 1.165) is 49.4 Å². The van der Waals surface area contributed by atoms with Gasteiger partial charge in [-0.25, -0.2) is 12.4 Å². The van der Waals surface area contributed by atoms with Crippen molar-refractivity contribution < 1.29 is 13.2 Å². The van der Waals surface area contributed by atoms with E-state index in [1.54, 1.807) is 6.20 Å². The van der Waals surface area contributed by atoms with Crippen LogP contribution in [0.25, 0.3) is 10.9 Å². The van der Waals surface area contributed by atoms with Crippen LogP contribution in [0.4, 0.5) is 0 Å². The third-order valence-electron chi connectivity index (χ3n) is 4.84. The Balaban J connectivity index is 2.00. The number of aromatic nitrogens is 1. The van der Waals surface area contributed by atoms with Gasteiger partial charge >= 0.3 is 0 Å². The first-order valence-corrected chi connectivity index (χ1v) is 11.0. The maximum absolute atomic E-state index is 12.5. The number of piperazine rings is 1. The Morgan fingerprint density at radius 2 is 1.89 bits per heavy atom. The number of rotatable bonds is 7. The largest absolute Gasteiger partial charge is 0.490 e. The number of nitrogens with zero attached hydrogens (tertiary/aromatic N) is 3. The molecule has 1 aliphatic heterocycles. The lowest BCUT2D eigenvalue weighted by atomic mass is 10.1. The van der Waals surface area contributed by atoms with Gasteiger partial charge in [-0.3, -0.25) is 4.90 Å². The van der Waals surface area contributed by atoms with Crippen LogP contribution in [0.2, 0.25) is 0 Å². The van der Waals surface area contributed by atoms with Gasteiger partial charge in [0.05, 0.1) is 17.4 Å². The first-order valence-electron chi connectivity index (χ1n) is 9.36. The third-order valence-corrected chi connectivity index (χ3v) is 6.41. The maximum Gasteiger partial charge on any atom is 0.242 e. The first kappa shape index (κ1) is 19.9. The summed E-state index contributed by atoms with van der Waals surface area (Å²) in [6.45, 7) is 12.5. The average molecular weight is 392 g/mol. The van der Waals surface area contributed by atoms with Crippen LogP contribution in [-0.4, -0.2) is 67.3 Å². The van der Waals surface area contributed by atoms with E-state index in [9.17, 15) is 8.42 Å². The molecule has 0 N–H and O–H groups in total. The van der Waals surface area contributed by atoms with Crippen LogP contribution in [0.5, 0.6) is 5.75 Å². The lowest BCUT2D eigenvalue weighted by molar-refractivity contribution is 0.145. The molecule has 2 heterocycles. The molecule has 1 aromatic carbocycles. The van der Waals surface area contributed by atoms with E-state index in [1.165, 1.54) is 10.0 Å². The summed E-state index contributed by atoms with van der Waals surface area (Å²) in [6.07, 6.45) is 3.03. The molecule has 0 atom stereocenters. The van der Waals surface area contributed by atoms with Crippen molar-refractivity contribution in [3.05, 3.63) is 42.6 Å². The van der Waals surface area contributed by atoms with E-state index in [2.05, 4.69) is 23.4 Å². The van der Waals surface area contributed by atoms with Crippen LogP contribution in [0.3, 0.4) is 0 Å². The van der Waals surface area contributed by atoms with Crippen LogP contribution in [0, 0.1) is 0 Å². The Morgan fingerprint density at radius 1 is 1.19 bits per heavy atom. The second kappa shape index (κ2) is 8.04. The van der Waals surface area contributed by atoms with Crippen molar-refractivity contribution in [2.45, 2.75) is 26.5 Å². The lowest BCUT2D eigenvalue weighted by Gasteiger charge is -2.32. The highest BCUT2D eigenvalue weighted by Crippen LogP contribution is 2.33. The maximum atomic E-state index is 12.5. The van der Waals surface area contributed by atoms with Crippen molar-refractivity contribution >= 4 is 20.9 Å². The molecule has 0 bridgehead atoms. The molecule has 0 aliphatic carbocycles. The molecule has 3 rings (SSSR count). The van der Waals surface area contributed by atoms with Gasteiger partial charge < -0.3 is 9.64 Å². The normalized spacial score (nSPS) is 16.9. The van der Waals surface area contributed by atoms with Gasteiger partial charge in [0, 0.05) is 49.9 Å². The van der Waals surface area contributed by atoms with Crippen LogP contribution in [0.1, 0.15) is 19.4 Å². The van der Waals surface area contributed by atoms with Crippen LogP contribution < -0.4 is 4.74 Å². The fourth-order valence-electron chi connectivity index (χ4n) is 3.43. The van der Waals surface area contributed by atoms with Crippen LogP contribution in [-0.2, 0) is 16.6 Å². The number of ether oxygens (including phenoxy) is 1. The predicted octanol–water partition coefficient (Wildman–Crippen LogP) is 2.54. The number of hydrogen-bond acceptors (Lipinski definition) is 5. The van der Waals surface area contributed by atoms with Gasteiger partial charge in [-0.15, -0.1) is 6.58 Å². The molecular weight excluding hydrogens is 362 g/mol. The Bertz CT molecular complexity index is 910. The molecule has 148 valence electrons. The van der Waals surface area contributed by atoms with Crippen molar-refractivity contribution in [3.63, 3.8) is 0 Å². The number of benzene rings is 1. The van der Waals surface area contributed by atoms with E-state index in [4.69, 9.17) is 4.74 Å². The van der Waals surface area contributed by atoms with Gasteiger partial charge in [0.25, 0.3) is 0 Å². The highest BCUT2D eigenvalue weighted by atomic mass is 32.2. The molecule has 7 heteroatoms. The number of hydrogen-bond donors (Lipinski definition) is 0. The molecular formula is C20H29N3O3S. The van der Waals surface area contributed by atoms with Crippen molar-refractivity contribution in [1.29, 1.82) is 0 Å². The minimum absolute atomic E-state index is 0.00923. The molecule has 0 amide bonds. The summed E-state index contributed by atoms with van der Waals surface area (Å²) in [4.78, 5) is 4.75. The second-order valence-corrected chi connectivity index (χ2v) is 9.30. The molecule has 0 unspecified atom stereocenters. The standard InChI is InChI=1S/C20H29N3O3S/c1-5-14-27(24,25)23-9-8-18-19(23)7-6-17(20(18)26-16(2)3)15-22-12-10-21(4)11-13-22/h5-9,16H,1,10-15H2,2-4H3. The molecule has 6 nitrogen and oxygen atoms in total. The van der Waals surface area contributed by atoms with E-state index >= 15 is 0 Å². The minimum Gasteiger partial charge on any atom is -0.490 e. The van der Waals surface area contributed by atoms with Crippen molar-refractivity contribution in [2.75, 3.05) is 39.0 Å². The van der Waals surface area contributed by atoms with E-state index < -0.39 is 10.0 Å². The summed E-state index contributed by atoms with van der Waals surface area (Å²) >= 11 is 0. The van der Waals surface area contributed by atoms with E-state index in [1.807, 2.05) is 32.0 Å². The second-order valence-electron chi connectivity index (χ2n) is 7.41. The molecule has 2 aromatic rings. The van der Waals surface area contributed by atoms with Gasteiger partial charge in [-0.2, -0.15) is 0 Å². The molecule has 1 saturated heterocycles. The Labute approximate surface area is 162 Å². The summed E-state index contributed by atoms with van der Waals surface area (Å²) in [5.41, 5.74) is 1.74. The molecule has 27 heavy (non-hydrogen) atoms. The van der Waals surface area contributed by atoms with Crippen molar-refractivity contribution in [3.8, 4) is 5.75 Å². The molecule has 0 spiro atoms. The Morgan fingerprint density at radius 3 is 2.52 bits per heavy atom. The average Bonchev–Trinajstić information content (AvgIpc) is 3.04. The number of likely N-dealkylation sites (N-methyl/N-ethyl adjacent to an activating group) is 1. The van der Waals surface area contributed by atoms with E-state index in [0.29, 0.717) is 5.52 Å². The summed E-state index contributed by atoms with van der Waals surface area (Å²) < 4.78 is 32.5. The first-order chi connectivity index (χ1) is 12.8. The highest BCUT2D eigenvalue weighted by Gasteiger charge is 2.21. The van der Waals surface area contributed by atoms with Gasteiger partial charge in [-0.1, -0.05) is 12.1 Å². The smallest absolute Gasteiger partial charge is 0.242 e. The molecule has 0 saturated carbocycles. The Hall–Kier alpha value is -1.83.